The summed E-state index contributed by atoms with van der Waals surface area (Å²) < 4.78 is 0. The van der Waals surface area contributed by atoms with Crippen LogP contribution in [0.25, 0.3) is 0 Å². The van der Waals surface area contributed by atoms with Crippen molar-refractivity contribution >= 4 is 17.4 Å². The van der Waals surface area contributed by atoms with Crippen molar-refractivity contribution in [2.75, 3.05) is 5.32 Å². The van der Waals surface area contributed by atoms with Crippen LogP contribution in [0, 0.1) is 18.3 Å². The average Bonchev–Trinajstić information content (AvgIpc) is 2.62. The number of hydrogen-bond donors (Lipinski definition) is 2. The Morgan fingerprint density at radius 3 is 2.76 bits per heavy atom. The van der Waals surface area contributed by atoms with Crippen LogP contribution in [-0.2, 0) is 0 Å². The third kappa shape index (κ3) is 4.54. The Balaban J connectivity index is 1.75. The van der Waals surface area contributed by atoms with Crippen molar-refractivity contribution in [1.29, 1.82) is 5.26 Å². The first kappa shape index (κ1) is 16.9. The first-order chi connectivity index (χ1) is 12.1. The molecule has 128 valence electrons. The van der Waals surface area contributed by atoms with Gasteiger partial charge in [0.25, 0.3) is 5.91 Å². The van der Waals surface area contributed by atoms with E-state index in [0.717, 1.165) is 31.4 Å². The predicted molar refractivity (Wildman–Crippen MR) is 95.5 cm³/mol. The smallest absolute Gasteiger partial charge is 0.270 e. The molecule has 6 heteroatoms. The van der Waals surface area contributed by atoms with E-state index in [4.69, 9.17) is 5.26 Å². The van der Waals surface area contributed by atoms with E-state index in [1.807, 2.05) is 6.07 Å². The number of carbonyl (C=O) groups excluding carboxylic acids is 1. The zero-order valence-corrected chi connectivity index (χ0v) is 14.2. The molecule has 3 rings (SSSR count). The SMILES string of the molecule is Cc1nc(Nc2cccc(C#N)c2)cc(C(=O)NC2CCCCC2)n1. The largest absolute Gasteiger partial charge is 0.348 e. The highest BCUT2D eigenvalue weighted by atomic mass is 16.1. The number of nitriles is 1. The van der Waals surface area contributed by atoms with E-state index in [2.05, 4.69) is 26.7 Å². The molecule has 0 bridgehead atoms. The molecule has 2 aromatic rings. The maximum Gasteiger partial charge on any atom is 0.270 e. The van der Waals surface area contributed by atoms with Gasteiger partial charge < -0.3 is 10.6 Å². The van der Waals surface area contributed by atoms with E-state index >= 15 is 0 Å². The third-order valence-electron chi connectivity index (χ3n) is 4.28. The number of anilines is 2. The summed E-state index contributed by atoms with van der Waals surface area (Å²) in [7, 11) is 0. The third-order valence-corrected chi connectivity index (χ3v) is 4.28. The van der Waals surface area contributed by atoms with Gasteiger partial charge in [-0.3, -0.25) is 4.79 Å². The molecule has 0 spiro atoms. The predicted octanol–water partition coefficient (Wildman–Crippen LogP) is 3.46. The topological polar surface area (TPSA) is 90.7 Å². The molecule has 1 amide bonds. The molecular formula is C19H21N5O. The Kier molecular flexibility index (Phi) is 5.24. The first-order valence-electron chi connectivity index (χ1n) is 8.58. The summed E-state index contributed by atoms with van der Waals surface area (Å²) in [6, 6.07) is 11.1. The fourth-order valence-corrected chi connectivity index (χ4v) is 3.07. The first-order valence-corrected chi connectivity index (χ1v) is 8.58. The molecule has 0 saturated heterocycles. The van der Waals surface area contributed by atoms with Gasteiger partial charge in [0.15, 0.2) is 0 Å². The van der Waals surface area contributed by atoms with Crippen LogP contribution >= 0.6 is 0 Å². The highest BCUT2D eigenvalue weighted by molar-refractivity contribution is 5.93. The molecule has 0 radical (unpaired) electrons. The van der Waals surface area contributed by atoms with Crippen molar-refractivity contribution in [1.82, 2.24) is 15.3 Å². The van der Waals surface area contributed by atoms with Crippen LogP contribution in [0.2, 0.25) is 0 Å². The van der Waals surface area contributed by atoms with E-state index in [1.165, 1.54) is 6.42 Å². The lowest BCUT2D eigenvalue weighted by molar-refractivity contribution is 0.0922. The number of amides is 1. The maximum absolute atomic E-state index is 12.5. The van der Waals surface area contributed by atoms with Gasteiger partial charge in [-0.15, -0.1) is 0 Å². The van der Waals surface area contributed by atoms with Gasteiger partial charge in [0, 0.05) is 17.8 Å². The van der Waals surface area contributed by atoms with E-state index < -0.39 is 0 Å². The summed E-state index contributed by atoms with van der Waals surface area (Å²) in [5, 5.41) is 15.2. The van der Waals surface area contributed by atoms with Gasteiger partial charge in [0.2, 0.25) is 0 Å². The van der Waals surface area contributed by atoms with Gasteiger partial charge in [0.05, 0.1) is 11.6 Å². The summed E-state index contributed by atoms with van der Waals surface area (Å²) in [6.07, 6.45) is 5.63. The summed E-state index contributed by atoms with van der Waals surface area (Å²) in [5.41, 5.74) is 1.67. The zero-order valence-electron chi connectivity index (χ0n) is 14.2. The molecule has 2 N–H and O–H groups in total. The molecule has 0 unspecified atom stereocenters. The molecule has 1 saturated carbocycles. The van der Waals surface area contributed by atoms with Gasteiger partial charge in [0.1, 0.15) is 17.3 Å². The maximum atomic E-state index is 12.5. The molecule has 25 heavy (non-hydrogen) atoms. The molecule has 1 heterocycles. The van der Waals surface area contributed by atoms with Crippen molar-refractivity contribution in [3.8, 4) is 6.07 Å². The van der Waals surface area contributed by atoms with Crippen molar-refractivity contribution < 1.29 is 4.79 Å². The number of aryl methyl sites for hydroxylation is 1. The Labute approximate surface area is 147 Å². The molecule has 1 aromatic heterocycles. The van der Waals surface area contributed by atoms with Crippen LogP contribution in [0.15, 0.2) is 30.3 Å². The second-order valence-electron chi connectivity index (χ2n) is 6.31. The number of carbonyl (C=O) groups is 1. The number of aromatic nitrogens is 2. The van der Waals surface area contributed by atoms with Crippen LogP contribution in [0.4, 0.5) is 11.5 Å². The highest BCUT2D eigenvalue weighted by Gasteiger charge is 2.18. The van der Waals surface area contributed by atoms with Crippen LogP contribution in [0.5, 0.6) is 0 Å². The van der Waals surface area contributed by atoms with Gasteiger partial charge in [-0.25, -0.2) is 9.97 Å². The lowest BCUT2D eigenvalue weighted by Gasteiger charge is -2.22. The van der Waals surface area contributed by atoms with E-state index in [1.54, 1.807) is 31.2 Å². The molecule has 1 aliphatic rings. The van der Waals surface area contributed by atoms with Gasteiger partial charge >= 0.3 is 0 Å². The lowest BCUT2D eigenvalue weighted by atomic mass is 9.95. The van der Waals surface area contributed by atoms with E-state index in [-0.39, 0.29) is 11.9 Å². The molecule has 6 nitrogen and oxygen atoms in total. The minimum Gasteiger partial charge on any atom is -0.348 e. The summed E-state index contributed by atoms with van der Waals surface area (Å²) >= 11 is 0. The normalized spacial score (nSPS) is 14.6. The Morgan fingerprint density at radius 2 is 2.00 bits per heavy atom. The monoisotopic (exact) mass is 335 g/mol. The standard InChI is InChI=1S/C19H21N5O/c1-13-21-17(19(25)24-15-7-3-2-4-8-15)11-18(22-13)23-16-9-5-6-14(10-16)12-20/h5-6,9-11,15H,2-4,7-8H2,1H3,(H,24,25)(H,21,22,23). The number of rotatable bonds is 4. The quantitative estimate of drug-likeness (QED) is 0.893. The summed E-state index contributed by atoms with van der Waals surface area (Å²) in [6.45, 7) is 1.76. The molecule has 1 fully saturated rings. The molecule has 0 atom stereocenters. The van der Waals surface area contributed by atoms with Crippen LogP contribution in [0.3, 0.4) is 0 Å². The molecule has 0 aliphatic heterocycles. The zero-order chi connectivity index (χ0) is 17.6. The lowest BCUT2D eigenvalue weighted by Crippen LogP contribution is -2.36. The number of nitrogens with zero attached hydrogens (tertiary/aromatic N) is 3. The van der Waals surface area contributed by atoms with Gasteiger partial charge in [-0.05, 0) is 38.0 Å². The van der Waals surface area contributed by atoms with Gasteiger partial charge in [-0.2, -0.15) is 5.26 Å². The van der Waals surface area contributed by atoms with E-state index in [9.17, 15) is 4.79 Å². The molecule has 1 aromatic carbocycles. The van der Waals surface area contributed by atoms with Crippen LogP contribution in [0.1, 0.15) is 54.0 Å². The second kappa shape index (κ2) is 7.75. The van der Waals surface area contributed by atoms with Crippen molar-refractivity contribution in [3.63, 3.8) is 0 Å². The van der Waals surface area contributed by atoms with E-state index in [0.29, 0.717) is 22.9 Å². The fraction of sp³-hybridized carbons (Fsp3) is 0.368. The Hall–Kier alpha value is -2.94. The molecular weight excluding hydrogens is 314 g/mol. The van der Waals surface area contributed by atoms with Crippen molar-refractivity contribution in [2.24, 2.45) is 0 Å². The fourth-order valence-electron chi connectivity index (χ4n) is 3.07. The van der Waals surface area contributed by atoms with Crippen molar-refractivity contribution in [3.05, 3.63) is 47.4 Å². The Bertz CT molecular complexity index is 806. The number of benzene rings is 1. The second-order valence-corrected chi connectivity index (χ2v) is 6.31. The minimum absolute atomic E-state index is 0.161. The van der Waals surface area contributed by atoms with Crippen molar-refractivity contribution in [2.45, 2.75) is 45.1 Å². The highest BCUT2D eigenvalue weighted by Crippen LogP contribution is 2.19. The summed E-state index contributed by atoms with van der Waals surface area (Å²) in [5.74, 6) is 0.901. The molecule has 1 aliphatic carbocycles. The van der Waals surface area contributed by atoms with Crippen LogP contribution < -0.4 is 10.6 Å². The van der Waals surface area contributed by atoms with Crippen LogP contribution in [-0.4, -0.2) is 21.9 Å². The minimum atomic E-state index is -0.161. The van der Waals surface area contributed by atoms with Gasteiger partial charge in [-0.1, -0.05) is 25.3 Å². The Morgan fingerprint density at radius 1 is 1.20 bits per heavy atom. The summed E-state index contributed by atoms with van der Waals surface area (Å²) in [4.78, 5) is 21.1. The number of hydrogen-bond acceptors (Lipinski definition) is 5. The number of nitrogens with one attached hydrogen (secondary N) is 2. The average molecular weight is 335 g/mol.